The standard InChI is InChI=1S/C16H20N2O3/c1-16(12-5-6-12)15(21)18(8-7-14(20)17-16)10-11-3-2-4-13(19)9-11/h2-4,9,12,19H,5-8,10H2,1H3,(H,17,20). The quantitative estimate of drug-likeness (QED) is 0.883. The zero-order chi connectivity index (χ0) is 15.0. The molecule has 0 bridgehead atoms. The highest BCUT2D eigenvalue weighted by atomic mass is 16.3. The molecule has 2 amide bonds. The second-order valence-electron chi connectivity index (χ2n) is 6.17. The van der Waals surface area contributed by atoms with E-state index in [1.807, 2.05) is 13.0 Å². The fourth-order valence-corrected chi connectivity index (χ4v) is 3.04. The maximum absolute atomic E-state index is 12.8. The van der Waals surface area contributed by atoms with Crippen LogP contribution in [0.1, 0.15) is 31.7 Å². The molecule has 1 saturated heterocycles. The van der Waals surface area contributed by atoms with Crippen LogP contribution in [-0.2, 0) is 16.1 Å². The largest absolute Gasteiger partial charge is 0.508 e. The second-order valence-corrected chi connectivity index (χ2v) is 6.17. The highest BCUT2D eigenvalue weighted by molar-refractivity contribution is 5.93. The number of rotatable bonds is 3. The number of carbonyl (C=O) groups is 2. The molecular weight excluding hydrogens is 268 g/mol. The monoisotopic (exact) mass is 288 g/mol. The molecule has 112 valence electrons. The van der Waals surface area contributed by atoms with Crippen LogP contribution in [0.3, 0.4) is 0 Å². The summed E-state index contributed by atoms with van der Waals surface area (Å²) in [5.41, 5.74) is 0.0977. The number of nitrogens with zero attached hydrogens (tertiary/aromatic N) is 1. The van der Waals surface area contributed by atoms with Crippen molar-refractivity contribution in [3.63, 3.8) is 0 Å². The number of nitrogens with one attached hydrogen (secondary N) is 1. The average Bonchev–Trinajstić information content (AvgIpc) is 3.26. The molecule has 1 aromatic carbocycles. The average molecular weight is 288 g/mol. The van der Waals surface area contributed by atoms with Crippen molar-refractivity contribution in [2.24, 2.45) is 5.92 Å². The summed E-state index contributed by atoms with van der Waals surface area (Å²) >= 11 is 0. The lowest BCUT2D eigenvalue weighted by Crippen LogP contribution is -2.56. The second kappa shape index (κ2) is 5.06. The van der Waals surface area contributed by atoms with Gasteiger partial charge < -0.3 is 15.3 Å². The summed E-state index contributed by atoms with van der Waals surface area (Å²) in [4.78, 5) is 26.5. The molecule has 1 atom stereocenters. The smallest absolute Gasteiger partial charge is 0.248 e. The summed E-state index contributed by atoms with van der Waals surface area (Å²) in [6, 6.07) is 6.90. The number of benzene rings is 1. The minimum absolute atomic E-state index is 0.0146. The molecule has 5 heteroatoms. The Balaban J connectivity index is 1.83. The van der Waals surface area contributed by atoms with E-state index in [0.717, 1.165) is 18.4 Å². The van der Waals surface area contributed by atoms with Gasteiger partial charge in [0.2, 0.25) is 11.8 Å². The Morgan fingerprint density at radius 3 is 2.81 bits per heavy atom. The van der Waals surface area contributed by atoms with Crippen molar-refractivity contribution in [1.82, 2.24) is 10.2 Å². The van der Waals surface area contributed by atoms with Crippen LogP contribution in [0.4, 0.5) is 0 Å². The van der Waals surface area contributed by atoms with Crippen LogP contribution < -0.4 is 5.32 Å². The number of amides is 2. The summed E-state index contributed by atoms with van der Waals surface area (Å²) in [5, 5.41) is 12.5. The Morgan fingerprint density at radius 1 is 1.38 bits per heavy atom. The molecule has 1 aliphatic heterocycles. The zero-order valence-electron chi connectivity index (χ0n) is 12.1. The normalized spacial score (nSPS) is 26.4. The predicted molar refractivity (Wildman–Crippen MR) is 77.4 cm³/mol. The van der Waals surface area contributed by atoms with Gasteiger partial charge in [0, 0.05) is 19.5 Å². The summed E-state index contributed by atoms with van der Waals surface area (Å²) in [6.45, 7) is 2.68. The van der Waals surface area contributed by atoms with E-state index in [1.54, 1.807) is 23.1 Å². The van der Waals surface area contributed by atoms with Gasteiger partial charge in [-0.15, -0.1) is 0 Å². The molecule has 1 aromatic rings. The molecule has 5 nitrogen and oxygen atoms in total. The molecule has 21 heavy (non-hydrogen) atoms. The van der Waals surface area contributed by atoms with Crippen molar-refractivity contribution >= 4 is 11.8 Å². The minimum Gasteiger partial charge on any atom is -0.508 e. The third-order valence-electron chi connectivity index (χ3n) is 4.42. The maximum atomic E-state index is 12.8. The number of phenolic OH excluding ortho intramolecular Hbond substituents is 1. The van der Waals surface area contributed by atoms with Crippen LogP contribution >= 0.6 is 0 Å². The third kappa shape index (κ3) is 2.73. The van der Waals surface area contributed by atoms with E-state index < -0.39 is 5.54 Å². The molecule has 1 aliphatic carbocycles. The lowest BCUT2D eigenvalue weighted by molar-refractivity contribution is -0.139. The van der Waals surface area contributed by atoms with E-state index in [0.29, 0.717) is 19.5 Å². The predicted octanol–water partition coefficient (Wildman–Crippen LogP) is 1.41. The van der Waals surface area contributed by atoms with Gasteiger partial charge in [-0.05, 0) is 43.4 Å². The highest BCUT2D eigenvalue weighted by Crippen LogP contribution is 2.41. The third-order valence-corrected chi connectivity index (χ3v) is 4.42. The van der Waals surface area contributed by atoms with Gasteiger partial charge in [-0.1, -0.05) is 12.1 Å². The molecule has 2 fully saturated rings. The van der Waals surface area contributed by atoms with Crippen molar-refractivity contribution in [1.29, 1.82) is 0 Å². The Hall–Kier alpha value is -2.04. The van der Waals surface area contributed by atoms with Crippen LogP contribution in [0.5, 0.6) is 5.75 Å². The summed E-state index contributed by atoms with van der Waals surface area (Å²) in [7, 11) is 0. The van der Waals surface area contributed by atoms with Crippen LogP contribution in [0, 0.1) is 5.92 Å². The van der Waals surface area contributed by atoms with E-state index in [9.17, 15) is 14.7 Å². The molecule has 0 aromatic heterocycles. The van der Waals surface area contributed by atoms with Crippen molar-refractivity contribution in [2.45, 2.75) is 38.3 Å². The Bertz CT molecular complexity index is 583. The summed E-state index contributed by atoms with van der Waals surface area (Å²) < 4.78 is 0. The summed E-state index contributed by atoms with van der Waals surface area (Å²) in [6.07, 6.45) is 2.30. The first-order chi connectivity index (χ1) is 9.99. The van der Waals surface area contributed by atoms with Gasteiger partial charge in [0.05, 0.1) is 0 Å². The Labute approximate surface area is 123 Å². The zero-order valence-corrected chi connectivity index (χ0v) is 12.1. The Kier molecular flexibility index (Phi) is 3.35. The van der Waals surface area contributed by atoms with E-state index in [1.165, 1.54) is 0 Å². The highest BCUT2D eigenvalue weighted by Gasteiger charge is 2.50. The minimum atomic E-state index is -0.773. The van der Waals surface area contributed by atoms with Gasteiger partial charge in [-0.25, -0.2) is 0 Å². The van der Waals surface area contributed by atoms with Crippen LogP contribution in [0.2, 0.25) is 0 Å². The molecule has 1 unspecified atom stereocenters. The summed E-state index contributed by atoms with van der Waals surface area (Å²) in [5.74, 6) is 0.364. The number of hydrogen-bond donors (Lipinski definition) is 2. The maximum Gasteiger partial charge on any atom is 0.248 e. The van der Waals surface area contributed by atoms with Gasteiger partial charge in [0.1, 0.15) is 11.3 Å². The topological polar surface area (TPSA) is 69.6 Å². The van der Waals surface area contributed by atoms with Crippen molar-refractivity contribution < 1.29 is 14.7 Å². The van der Waals surface area contributed by atoms with Crippen molar-refractivity contribution in [2.75, 3.05) is 6.54 Å². The molecule has 0 spiro atoms. The molecule has 1 saturated carbocycles. The number of phenols is 1. The lowest BCUT2D eigenvalue weighted by Gasteiger charge is -2.32. The first kappa shape index (κ1) is 13.9. The first-order valence-electron chi connectivity index (χ1n) is 7.37. The van der Waals surface area contributed by atoms with Crippen LogP contribution in [0.15, 0.2) is 24.3 Å². The van der Waals surface area contributed by atoms with E-state index in [4.69, 9.17) is 0 Å². The number of aromatic hydroxyl groups is 1. The van der Waals surface area contributed by atoms with E-state index in [-0.39, 0.29) is 23.5 Å². The van der Waals surface area contributed by atoms with Gasteiger partial charge in [-0.2, -0.15) is 0 Å². The first-order valence-corrected chi connectivity index (χ1v) is 7.37. The van der Waals surface area contributed by atoms with Gasteiger partial charge in [0.15, 0.2) is 0 Å². The molecule has 2 aliphatic rings. The molecule has 2 N–H and O–H groups in total. The van der Waals surface area contributed by atoms with Gasteiger partial charge in [-0.3, -0.25) is 9.59 Å². The number of hydrogen-bond acceptors (Lipinski definition) is 3. The van der Waals surface area contributed by atoms with Crippen molar-refractivity contribution in [3.8, 4) is 5.75 Å². The Morgan fingerprint density at radius 2 is 2.14 bits per heavy atom. The fourth-order valence-electron chi connectivity index (χ4n) is 3.04. The fraction of sp³-hybridized carbons (Fsp3) is 0.500. The van der Waals surface area contributed by atoms with Crippen LogP contribution in [-0.4, -0.2) is 33.9 Å². The van der Waals surface area contributed by atoms with Crippen molar-refractivity contribution in [3.05, 3.63) is 29.8 Å². The molecule has 0 radical (unpaired) electrons. The SMILES string of the molecule is CC1(C2CC2)NC(=O)CCN(Cc2cccc(O)c2)C1=O. The van der Waals surface area contributed by atoms with Gasteiger partial charge in [0.25, 0.3) is 0 Å². The van der Waals surface area contributed by atoms with E-state index >= 15 is 0 Å². The van der Waals surface area contributed by atoms with Crippen LogP contribution in [0.25, 0.3) is 0 Å². The molecular formula is C16H20N2O3. The lowest BCUT2D eigenvalue weighted by atomic mass is 9.94. The van der Waals surface area contributed by atoms with E-state index in [2.05, 4.69) is 5.32 Å². The van der Waals surface area contributed by atoms with Gasteiger partial charge >= 0.3 is 0 Å². The number of carbonyl (C=O) groups excluding carboxylic acids is 2. The molecule has 1 heterocycles. The molecule has 3 rings (SSSR count).